The van der Waals surface area contributed by atoms with Gasteiger partial charge in [0.05, 0.1) is 18.6 Å². The number of hydrogen-bond acceptors (Lipinski definition) is 9. The van der Waals surface area contributed by atoms with Gasteiger partial charge >= 0.3 is 23.9 Å². The van der Waals surface area contributed by atoms with Gasteiger partial charge in [0.2, 0.25) is 0 Å². The van der Waals surface area contributed by atoms with Crippen LogP contribution in [-0.2, 0) is 23.9 Å². The van der Waals surface area contributed by atoms with Crippen LogP contribution in [0.5, 0.6) is 17.2 Å². The maximum absolute atomic E-state index is 14.9. The molecule has 0 atom stereocenters. The Bertz CT molecular complexity index is 1630. The Hall–Kier alpha value is -5.35. The first-order valence-electron chi connectivity index (χ1n) is 14.6. The van der Waals surface area contributed by atoms with Gasteiger partial charge in [-0.3, -0.25) is 4.79 Å². The third-order valence-electron chi connectivity index (χ3n) is 7.01. The summed E-state index contributed by atoms with van der Waals surface area (Å²) in [6, 6.07) is 16.3. The Labute approximate surface area is 265 Å². The first-order chi connectivity index (χ1) is 22.1. The molecular weight excluding hydrogens is 595 g/mol. The first-order valence-corrected chi connectivity index (χ1v) is 14.6. The van der Waals surface area contributed by atoms with Crippen molar-refractivity contribution in [3.05, 3.63) is 108 Å². The van der Waals surface area contributed by atoms with Crippen molar-refractivity contribution < 1.29 is 47.6 Å². The second-order valence-electron chi connectivity index (χ2n) is 10.6. The summed E-state index contributed by atoms with van der Waals surface area (Å²) in [6.07, 6.45) is 7.06. The average Bonchev–Trinajstić information content (AvgIpc) is 3.05. The van der Waals surface area contributed by atoms with E-state index in [0.29, 0.717) is 11.1 Å². The summed E-state index contributed by atoms with van der Waals surface area (Å²) in [5, 5.41) is 8.93. The topological polar surface area (TPSA) is 125 Å². The largest absolute Gasteiger partial charge is 0.462 e. The van der Waals surface area contributed by atoms with Crippen LogP contribution >= 0.6 is 0 Å². The Kier molecular flexibility index (Phi) is 11.7. The third-order valence-corrected chi connectivity index (χ3v) is 7.01. The van der Waals surface area contributed by atoms with Crippen LogP contribution in [-0.4, -0.2) is 41.7 Å². The Morgan fingerprint density at radius 1 is 0.783 bits per heavy atom. The molecule has 0 heterocycles. The summed E-state index contributed by atoms with van der Waals surface area (Å²) in [5.74, 6) is -2.98. The molecule has 1 aliphatic rings. The zero-order chi connectivity index (χ0) is 33.1. The molecule has 1 N–H and O–H groups in total. The molecule has 0 radical (unpaired) electrons. The van der Waals surface area contributed by atoms with Crippen molar-refractivity contribution in [2.75, 3.05) is 6.61 Å². The van der Waals surface area contributed by atoms with Crippen molar-refractivity contribution in [3.63, 3.8) is 0 Å². The molecule has 4 rings (SSSR count). The number of rotatable bonds is 12. The predicted molar refractivity (Wildman–Crippen MR) is 167 cm³/mol. The molecule has 9 nitrogen and oxygen atoms in total. The number of carbonyl (C=O) groups is 4. The van der Waals surface area contributed by atoms with Crippen LogP contribution in [0.4, 0.5) is 4.39 Å². The number of hydrogen-bond donors (Lipinski definition) is 1. The van der Waals surface area contributed by atoms with Gasteiger partial charge in [-0.05, 0) is 79.3 Å². The minimum absolute atomic E-state index is 0.00616. The number of carbonyl (C=O) groups excluding carboxylic acids is 4. The van der Waals surface area contributed by atoms with Gasteiger partial charge in [0.1, 0.15) is 29.2 Å². The fraction of sp³-hybridized carbons (Fsp3) is 0.222. The molecule has 238 valence electrons. The number of ether oxygens (including phenoxy) is 4. The fourth-order valence-corrected chi connectivity index (χ4v) is 4.54. The third kappa shape index (κ3) is 9.83. The predicted octanol–water partition coefficient (Wildman–Crippen LogP) is 6.29. The minimum atomic E-state index is -0.761. The summed E-state index contributed by atoms with van der Waals surface area (Å²) in [6.45, 7) is 6.52. The van der Waals surface area contributed by atoms with Gasteiger partial charge in [-0.2, -0.15) is 0 Å². The summed E-state index contributed by atoms with van der Waals surface area (Å²) in [5.41, 5.74) is 1.21. The highest BCUT2D eigenvalue weighted by atomic mass is 19.1. The van der Waals surface area contributed by atoms with Crippen LogP contribution in [0.3, 0.4) is 0 Å². The molecule has 0 spiro atoms. The smallest absolute Gasteiger partial charge is 0.341 e. The van der Waals surface area contributed by atoms with Gasteiger partial charge in [-0.25, -0.2) is 18.8 Å². The van der Waals surface area contributed by atoms with E-state index in [1.54, 1.807) is 24.3 Å². The molecule has 0 bridgehead atoms. The average molecular weight is 629 g/mol. The molecule has 46 heavy (non-hydrogen) atoms. The molecule has 1 aliphatic carbocycles. The first kappa shape index (κ1) is 33.5. The summed E-state index contributed by atoms with van der Waals surface area (Å²) in [7, 11) is 0. The number of benzene rings is 3. The lowest BCUT2D eigenvalue weighted by Gasteiger charge is -2.21. The lowest BCUT2D eigenvalue weighted by atomic mass is 9.98. The molecule has 1 fully saturated rings. The fourth-order valence-electron chi connectivity index (χ4n) is 4.54. The van der Waals surface area contributed by atoms with Gasteiger partial charge in [0, 0.05) is 23.3 Å². The second kappa shape index (κ2) is 16.1. The van der Waals surface area contributed by atoms with Crippen LogP contribution in [0.1, 0.15) is 44.1 Å². The van der Waals surface area contributed by atoms with Crippen LogP contribution < -0.4 is 14.2 Å². The maximum atomic E-state index is 14.9. The van der Waals surface area contributed by atoms with E-state index in [9.17, 15) is 23.6 Å². The molecule has 0 aromatic heterocycles. The quantitative estimate of drug-likeness (QED) is 0.140. The van der Waals surface area contributed by atoms with E-state index in [4.69, 9.17) is 24.1 Å². The highest BCUT2D eigenvalue weighted by molar-refractivity contribution is 5.94. The highest BCUT2D eigenvalue weighted by Gasteiger charge is 2.21. The Morgan fingerprint density at radius 3 is 1.98 bits per heavy atom. The summed E-state index contributed by atoms with van der Waals surface area (Å²) >= 11 is 0. The van der Waals surface area contributed by atoms with E-state index >= 15 is 0 Å². The normalized spacial score (nSPS) is 13.1. The molecule has 0 amide bonds. The van der Waals surface area contributed by atoms with Crippen LogP contribution in [0, 0.1) is 5.82 Å². The standard InChI is InChI=1S/C36H33FO9/c1-23(20-34(40)43-27-6-4-3-5-7-27)35(41)45-29-15-11-26(12-16-29)31-18-17-30(21-32(31)37)44-33(39)19-10-25-8-13-28(14-9-25)46-36(42)24(2)22-38/h8-19,21,27,38H,1-7,20,22H2/b19-10+. The lowest BCUT2D eigenvalue weighted by Crippen LogP contribution is -2.22. The van der Waals surface area contributed by atoms with Crippen molar-refractivity contribution in [1.82, 2.24) is 0 Å². The van der Waals surface area contributed by atoms with Crippen LogP contribution in [0.2, 0.25) is 0 Å². The van der Waals surface area contributed by atoms with Crippen LogP contribution in [0.25, 0.3) is 17.2 Å². The Morgan fingerprint density at radius 2 is 1.37 bits per heavy atom. The summed E-state index contributed by atoms with van der Waals surface area (Å²) in [4.78, 5) is 48.5. The van der Waals surface area contributed by atoms with Crippen molar-refractivity contribution in [2.45, 2.75) is 44.6 Å². The van der Waals surface area contributed by atoms with E-state index < -0.39 is 36.3 Å². The van der Waals surface area contributed by atoms with E-state index in [1.165, 1.54) is 42.5 Å². The second-order valence-corrected chi connectivity index (χ2v) is 10.6. The monoisotopic (exact) mass is 628 g/mol. The number of halogens is 1. The number of aliphatic hydroxyl groups is 1. The lowest BCUT2D eigenvalue weighted by molar-refractivity contribution is -0.150. The van der Waals surface area contributed by atoms with E-state index in [-0.39, 0.29) is 46.5 Å². The Balaban J connectivity index is 1.27. The number of aliphatic hydroxyl groups excluding tert-OH is 1. The SMILES string of the molecule is C=C(CO)C(=O)Oc1ccc(/C=C/C(=O)Oc2ccc(-c3ccc(OC(=O)C(=C)CC(=O)OC4CCCCC4)cc3)c(F)c2)cc1. The molecule has 0 saturated heterocycles. The van der Waals surface area contributed by atoms with Crippen molar-refractivity contribution in [3.8, 4) is 28.4 Å². The van der Waals surface area contributed by atoms with Crippen LogP contribution in [0.15, 0.2) is 97.1 Å². The van der Waals surface area contributed by atoms with E-state index in [0.717, 1.165) is 44.2 Å². The molecule has 3 aromatic carbocycles. The van der Waals surface area contributed by atoms with E-state index in [1.807, 2.05) is 0 Å². The zero-order valence-electron chi connectivity index (χ0n) is 25.0. The molecular formula is C36H33FO9. The highest BCUT2D eigenvalue weighted by Crippen LogP contribution is 2.28. The van der Waals surface area contributed by atoms with E-state index in [2.05, 4.69) is 13.2 Å². The van der Waals surface area contributed by atoms with Gasteiger partial charge in [-0.15, -0.1) is 0 Å². The molecule has 10 heteroatoms. The maximum Gasteiger partial charge on any atom is 0.341 e. The van der Waals surface area contributed by atoms with Gasteiger partial charge in [0.15, 0.2) is 0 Å². The van der Waals surface area contributed by atoms with Gasteiger partial charge < -0.3 is 24.1 Å². The van der Waals surface area contributed by atoms with Crippen molar-refractivity contribution in [1.29, 1.82) is 0 Å². The zero-order valence-corrected chi connectivity index (χ0v) is 25.0. The molecule has 0 unspecified atom stereocenters. The van der Waals surface area contributed by atoms with Gasteiger partial charge in [-0.1, -0.05) is 43.8 Å². The molecule has 0 aliphatic heterocycles. The van der Waals surface area contributed by atoms with Gasteiger partial charge in [0.25, 0.3) is 0 Å². The summed E-state index contributed by atoms with van der Waals surface area (Å²) < 4.78 is 35.9. The molecule has 3 aromatic rings. The minimum Gasteiger partial charge on any atom is -0.462 e. The van der Waals surface area contributed by atoms with Crippen molar-refractivity contribution >= 4 is 30.0 Å². The molecule has 1 saturated carbocycles. The number of esters is 4. The van der Waals surface area contributed by atoms with Crippen molar-refractivity contribution in [2.24, 2.45) is 0 Å².